The molecule has 1 aromatic carbocycles. The van der Waals surface area contributed by atoms with Crippen LogP contribution in [0.4, 0.5) is 8.78 Å². The minimum atomic E-state index is -0.910. The first-order valence-electron chi connectivity index (χ1n) is 6.28. The number of aryl methyl sites for hydroxylation is 1. The van der Waals surface area contributed by atoms with E-state index in [2.05, 4.69) is 15.1 Å². The van der Waals surface area contributed by atoms with Crippen LogP contribution in [-0.2, 0) is 13.0 Å². The fourth-order valence-electron chi connectivity index (χ4n) is 2.00. The molecule has 3 aromatic rings. The Bertz CT molecular complexity index is 750. The summed E-state index contributed by atoms with van der Waals surface area (Å²) in [4.78, 5) is 8.26. The highest BCUT2D eigenvalue weighted by atomic mass is 19.2. The monoisotopic (exact) mass is 278 g/mol. The molecule has 0 saturated heterocycles. The Kier molecular flexibility index (Phi) is 3.17. The van der Waals surface area contributed by atoms with Crippen molar-refractivity contribution in [3.05, 3.63) is 41.8 Å². The Morgan fingerprint density at radius 3 is 2.85 bits per heavy atom. The number of halogens is 2. The largest absolute Gasteiger partial charge is 0.339 e. The summed E-state index contributed by atoms with van der Waals surface area (Å²) in [5.41, 5.74) is 0.881. The molecule has 0 atom stereocenters. The fourth-order valence-corrected chi connectivity index (χ4v) is 2.00. The van der Waals surface area contributed by atoms with Crippen LogP contribution in [0, 0.1) is 11.6 Å². The van der Waals surface area contributed by atoms with Crippen LogP contribution in [0.15, 0.2) is 23.0 Å². The van der Waals surface area contributed by atoms with E-state index in [1.165, 1.54) is 6.33 Å². The van der Waals surface area contributed by atoms with Gasteiger partial charge in [0.15, 0.2) is 17.5 Å². The maximum absolute atomic E-state index is 13.3. The Morgan fingerprint density at radius 2 is 2.05 bits per heavy atom. The number of hydrogen-bond donors (Lipinski definition) is 0. The number of aromatic nitrogens is 4. The highest BCUT2D eigenvalue weighted by molar-refractivity contribution is 5.75. The standard InChI is InChI=1S/C13H12F2N4O/c1-2-3-13-17-12(18-20-13)6-19-7-16-10-4-8(14)9(15)5-11(10)19/h4-5,7H,2-3,6H2,1H3. The zero-order valence-corrected chi connectivity index (χ0v) is 10.8. The van der Waals surface area contributed by atoms with E-state index in [-0.39, 0.29) is 0 Å². The topological polar surface area (TPSA) is 56.7 Å². The maximum Gasteiger partial charge on any atom is 0.226 e. The van der Waals surface area contributed by atoms with Gasteiger partial charge in [0.05, 0.1) is 23.9 Å². The summed E-state index contributed by atoms with van der Waals surface area (Å²) in [6.07, 6.45) is 3.14. The van der Waals surface area contributed by atoms with Gasteiger partial charge in [0.1, 0.15) is 0 Å². The Labute approximate surface area is 113 Å². The van der Waals surface area contributed by atoms with Crippen LogP contribution in [0.5, 0.6) is 0 Å². The zero-order valence-electron chi connectivity index (χ0n) is 10.8. The molecule has 0 aliphatic heterocycles. The van der Waals surface area contributed by atoms with E-state index in [9.17, 15) is 8.78 Å². The average Bonchev–Trinajstić information content (AvgIpc) is 3.00. The van der Waals surface area contributed by atoms with Crippen molar-refractivity contribution in [2.75, 3.05) is 0 Å². The van der Waals surface area contributed by atoms with Gasteiger partial charge < -0.3 is 9.09 Å². The van der Waals surface area contributed by atoms with E-state index in [0.29, 0.717) is 29.3 Å². The normalized spacial score (nSPS) is 11.3. The van der Waals surface area contributed by atoms with Gasteiger partial charge in [0.2, 0.25) is 5.89 Å². The third kappa shape index (κ3) is 2.26. The summed E-state index contributed by atoms with van der Waals surface area (Å²) in [6.45, 7) is 2.32. The van der Waals surface area contributed by atoms with Gasteiger partial charge in [-0.15, -0.1) is 0 Å². The van der Waals surface area contributed by atoms with Crippen molar-refractivity contribution < 1.29 is 13.3 Å². The molecule has 5 nitrogen and oxygen atoms in total. The van der Waals surface area contributed by atoms with Gasteiger partial charge >= 0.3 is 0 Å². The zero-order chi connectivity index (χ0) is 14.1. The van der Waals surface area contributed by atoms with Gasteiger partial charge in [-0.3, -0.25) is 0 Å². The third-order valence-corrected chi connectivity index (χ3v) is 2.95. The van der Waals surface area contributed by atoms with E-state index >= 15 is 0 Å². The molecule has 0 radical (unpaired) electrons. The molecular formula is C13H12F2N4O. The lowest BCUT2D eigenvalue weighted by molar-refractivity contribution is 0.371. The summed E-state index contributed by atoms with van der Waals surface area (Å²) in [5, 5.41) is 3.85. The number of nitrogens with zero attached hydrogens (tertiary/aromatic N) is 4. The SMILES string of the molecule is CCCc1nc(Cn2cnc3cc(F)c(F)cc32)no1. The first-order valence-corrected chi connectivity index (χ1v) is 6.28. The molecule has 0 unspecified atom stereocenters. The maximum atomic E-state index is 13.3. The summed E-state index contributed by atoms with van der Waals surface area (Å²) in [5.74, 6) is -0.756. The first kappa shape index (κ1) is 12.7. The highest BCUT2D eigenvalue weighted by Crippen LogP contribution is 2.18. The molecule has 0 aliphatic rings. The van der Waals surface area contributed by atoms with Crippen LogP contribution in [0.3, 0.4) is 0 Å². The van der Waals surface area contributed by atoms with Crippen LogP contribution in [-0.4, -0.2) is 19.7 Å². The third-order valence-electron chi connectivity index (χ3n) is 2.95. The predicted molar refractivity (Wildman–Crippen MR) is 67.0 cm³/mol. The van der Waals surface area contributed by atoms with E-state index in [1.807, 2.05) is 6.92 Å². The number of imidazole rings is 1. The molecule has 20 heavy (non-hydrogen) atoms. The average molecular weight is 278 g/mol. The van der Waals surface area contributed by atoms with Crippen molar-refractivity contribution in [2.45, 2.75) is 26.3 Å². The summed E-state index contributed by atoms with van der Waals surface area (Å²) >= 11 is 0. The molecule has 3 rings (SSSR count). The van der Waals surface area contributed by atoms with Crippen molar-refractivity contribution >= 4 is 11.0 Å². The van der Waals surface area contributed by atoms with Crippen LogP contribution < -0.4 is 0 Å². The molecule has 0 N–H and O–H groups in total. The van der Waals surface area contributed by atoms with Crippen molar-refractivity contribution in [1.29, 1.82) is 0 Å². The smallest absolute Gasteiger partial charge is 0.226 e. The van der Waals surface area contributed by atoms with E-state index in [0.717, 1.165) is 25.0 Å². The molecule has 0 amide bonds. The van der Waals surface area contributed by atoms with Gasteiger partial charge in [0, 0.05) is 18.6 Å². The van der Waals surface area contributed by atoms with Crippen LogP contribution in [0.2, 0.25) is 0 Å². The van der Waals surface area contributed by atoms with Gasteiger partial charge in [-0.2, -0.15) is 4.98 Å². The van der Waals surface area contributed by atoms with Crippen LogP contribution >= 0.6 is 0 Å². The van der Waals surface area contributed by atoms with Gasteiger partial charge in [0.25, 0.3) is 0 Å². The Balaban J connectivity index is 1.92. The molecular weight excluding hydrogens is 266 g/mol. The van der Waals surface area contributed by atoms with Gasteiger partial charge in [-0.1, -0.05) is 12.1 Å². The quantitative estimate of drug-likeness (QED) is 0.736. The highest BCUT2D eigenvalue weighted by Gasteiger charge is 2.11. The van der Waals surface area contributed by atoms with E-state index in [4.69, 9.17) is 4.52 Å². The second kappa shape index (κ2) is 4.99. The predicted octanol–water partition coefficient (Wildman–Crippen LogP) is 2.70. The van der Waals surface area contributed by atoms with Gasteiger partial charge in [-0.05, 0) is 6.42 Å². The lowest BCUT2D eigenvalue weighted by atomic mass is 10.3. The summed E-state index contributed by atoms with van der Waals surface area (Å²) in [7, 11) is 0. The van der Waals surface area contributed by atoms with Crippen LogP contribution in [0.25, 0.3) is 11.0 Å². The van der Waals surface area contributed by atoms with Crippen molar-refractivity contribution in [3.63, 3.8) is 0 Å². The minimum Gasteiger partial charge on any atom is -0.339 e. The lowest BCUT2D eigenvalue weighted by Crippen LogP contribution is -2.00. The second-order valence-corrected chi connectivity index (χ2v) is 4.48. The molecule has 104 valence electrons. The van der Waals surface area contributed by atoms with Crippen molar-refractivity contribution in [1.82, 2.24) is 19.7 Å². The second-order valence-electron chi connectivity index (χ2n) is 4.48. The van der Waals surface area contributed by atoms with Crippen molar-refractivity contribution in [3.8, 4) is 0 Å². The molecule has 0 aliphatic carbocycles. The summed E-state index contributed by atoms with van der Waals surface area (Å²) in [6, 6.07) is 2.19. The minimum absolute atomic E-state index is 0.300. The first-order chi connectivity index (χ1) is 9.67. The lowest BCUT2D eigenvalue weighted by Gasteiger charge is -2.00. The van der Waals surface area contributed by atoms with E-state index in [1.54, 1.807) is 4.57 Å². The fraction of sp³-hybridized carbons (Fsp3) is 0.308. The molecule has 0 fully saturated rings. The molecule has 0 spiro atoms. The van der Waals surface area contributed by atoms with Gasteiger partial charge in [-0.25, -0.2) is 13.8 Å². The Hall–Kier alpha value is -2.31. The molecule has 7 heteroatoms. The number of benzene rings is 1. The number of fused-ring (bicyclic) bond motifs is 1. The molecule has 2 aromatic heterocycles. The van der Waals surface area contributed by atoms with Crippen molar-refractivity contribution in [2.24, 2.45) is 0 Å². The summed E-state index contributed by atoms with van der Waals surface area (Å²) < 4.78 is 33.1. The molecule has 2 heterocycles. The van der Waals surface area contributed by atoms with E-state index < -0.39 is 11.6 Å². The molecule has 0 saturated carbocycles. The Morgan fingerprint density at radius 1 is 1.25 bits per heavy atom. The number of hydrogen-bond acceptors (Lipinski definition) is 4. The number of rotatable bonds is 4. The van der Waals surface area contributed by atoms with Crippen LogP contribution in [0.1, 0.15) is 25.1 Å². The molecule has 0 bridgehead atoms.